The standard InChI is InChI=1S/C13H21N5O3/c1-3-21-13(20)12-10(14)8-18(15-12)9-11(19)17-6-4-16(2)5-7-17/h8H,3-7,9,14H2,1-2H3. The van der Waals surface area contributed by atoms with Gasteiger partial charge in [-0.2, -0.15) is 5.10 Å². The van der Waals surface area contributed by atoms with Gasteiger partial charge in [-0.05, 0) is 14.0 Å². The number of likely N-dealkylation sites (N-methyl/N-ethyl adjacent to an activating group) is 1. The second-order valence-corrected chi connectivity index (χ2v) is 5.04. The molecule has 0 aromatic carbocycles. The van der Waals surface area contributed by atoms with E-state index >= 15 is 0 Å². The second-order valence-electron chi connectivity index (χ2n) is 5.04. The third-order valence-electron chi connectivity index (χ3n) is 3.41. The molecule has 2 rings (SSSR count). The van der Waals surface area contributed by atoms with Crippen LogP contribution in [0.2, 0.25) is 0 Å². The number of piperazine rings is 1. The molecule has 1 saturated heterocycles. The van der Waals surface area contributed by atoms with Crippen LogP contribution in [0.15, 0.2) is 6.20 Å². The fourth-order valence-electron chi connectivity index (χ4n) is 2.17. The lowest BCUT2D eigenvalue weighted by molar-refractivity contribution is -0.133. The molecule has 1 aliphatic heterocycles. The Morgan fingerprint density at radius 3 is 2.62 bits per heavy atom. The average molecular weight is 295 g/mol. The molecule has 0 atom stereocenters. The van der Waals surface area contributed by atoms with Gasteiger partial charge in [0.2, 0.25) is 5.91 Å². The number of hydrogen-bond donors (Lipinski definition) is 1. The van der Waals surface area contributed by atoms with Crippen LogP contribution in [-0.4, -0.2) is 71.3 Å². The van der Waals surface area contributed by atoms with Crippen molar-refractivity contribution in [3.63, 3.8) is 0 Å². The molecule has 0 saturated carbocycles. The summed E-state index contributed by atoms with van der Waals surface area (Å²) in [6.07, 6.45) is 1.49. The summed E-state index contributed by atoms with van der Waals surface area (Å²) >= 11 is 0. The first-order valence-electron chi connectivity index (χ1n) is 6.97. The van der Waals surface area contributed by atoms with Crippen molar-refractivity contribution in [1.82, 2.24) is 19.6 Å². The van der Waals surface area contributed by atoms with E-state index in [0.717, 1.165) is 13.1 Å². The summed E-state index contributed by atoms with van der Waals surface area (Å²) in [4.78, 5) is 27.8. The van der Waals surface area contributed by atoms with Crippen LogP contribution in [0.5, 0.6) is 0 Å². The highest BCUT2D eigenvalue weighted by Gasteiger charge is 2.21. The third-order valence-corrected chi connectivity index (χ3v) is 3.41. The highest BCUT2D eigenvalue weighted by Crippen LogP contribution is 2.11. The summed E-state index contributed by atoms with van der Waals surface area (Å²) in [5.41, 5.74) is 6.01. The minimum absolute atomic E-state index is 0.0268. The van der Waals surface area contributed by atoms with Crippen LogP contribution in [0.25, 0.3) is 0 Å². The first-order valence-corrected chi connectivity index (χ1v) is 6.97. The summed E-state index contributed by atoms with van der Waals surface area (Å²) in [5, 5.41) is 4.04. The maximum Gasteiger partial charge on any atom is 0.361 e. The number of amides is 1. The summed E-state index contributed by atoms with van der Waals surface area (Å²) in [7, 11) is 2.03. The highest BCUT2D eigenvalue weighted by atomic mass is 16.5. The molecule has 116 valence electrons. The smallest absolute Gasteiger partial charge is 0.361 e. The normalized spacial score (nSPS) is 16.0. The molecule has 0 radical (unpaired) electrons. The van der Waals surface area contributed by atoms with Gasteiger partial charge in [0.1, 0.15) is 6.54 Å². The zero-order valence-corrected chi connectivity index (χ0v) is 12.4. The summed E-state index contributed by atoms with van der Waals surface area (Å²) in [6, 6.07) is 0. The molecule has 0 bridgehead atoms. The molecule has 2 N–H and O–H groups in total. The molecule has 8 heteroatoms. The minimum atomic E-state index is -0.569. The van der Waals surface area contributed by atoms with Crippen LogP contribution in [0.3, 0.4) is 0 Å². The molecule has 1 aromatic rings. The van der Waals surface area contributed by atoms with E-state index in [4.69, 9.17) is 10.5 Å². The zero-order chi connectivity index (χ0) is 15.4. The molecule has 1 amide bonds. The zero-order valence-electron chi connectivity index (χ0n) is 12.4. The van der Waals surface area contributed by atoms with Crippen LogP contribution >= 0.6 is 0 Å². The largest absolute Gasteiger partial charge is 0.461 e. The Hall–Kier alpha value is -2.09. The second kappa shape index (κ2) is 6.57. The van der Waals surface area contributed by atoms with Crippen LogP contribution in [0.1, 0.15) is 17.4 Å². The Labute approximate surface area is 123 Å². The number of nitrogens with zero attached hydrogens (tertiary/aromatic N) is 4. The maximum absolute atomic E-state index is 12.2. The number of rotatable bonds is 4. The SMILES string of the molecule is CCOC(=O)c1nn(CC(=O)N2CCN(C)CC2)cc1N. The molecule has 0 aliphatic carbocycles. The maximum atomic E-state index is 12.2. The Bertz CT molecular complexity index is 520. The van der Waals surface area contributed by atoms with Crippen LogP contribution < -0.4 is 5.73 Å². The number of hydrogen-bond acceptors (Lipinski definition) is 6. The Morgan fingerprint density at radius 2 is 2.00 bits per heavy atom. The van der Waals surface area contributed by atoms with Gasteiger partial charge in [0.25, 0.3) is 0 Å². The predicted molar refractivity (Wildman–Crippen MR) is 76.7 cm³/mol. The van der Waals surface area contributed by atoms with Crippen LogP contribution in [0.4, 0.5) is 5.69 Å². The van der Waals surface area contributed by atoms with Crippen molar-refractivity contribution >= 4 is 17.6 Å². The highest BCUT2D eigenvalue weighted by molar-refractivity contribution is 5.92. The van der Waals surface area contributed by atoms with Gasteiger partial charge in [0.05, 0.1) is 12.3 Å². The van der Waals surface area contributed by atoms with Gasteiger partial charge >= 0.3 is 5.97 Å². The number of nitrogen functional groups attached to an aromatic ring is 1. The molecule has 21 heavy (non-hydrogen) atoms. The van der Waals surface area contributed by atoms with E-state index in [1.165, 1.54) is 10.9 Å². The van der Waals surface area contributed by atoms with E-state index in [1.807, 2.05) is 7.05 Å². The van der Waals surface area contributed by atoms with Gasteiger partial charge in [-0.15, -0.1) is 0 Å². The number of carbonyl (C=O) groups excluding carboxylic acids is 2. The number of anilines is 1. The first-order chi connectivity index (χ1) is 10.0. The summed E-state index contributed by atoms with van der Waals surface area (Å²) in [5.74, 6) is -0.596. The van der Waals surface area contributed by atoms with Gasteiger partial charge < -0.3 is 20.3 Å². The number of nitrogens with two attached hydrogens (primary N) is 1. The van der Waals surface area contributed by atoms with Crippen molar-refractivity contribution in [3.05, 3.63) is 11.9 Å². The number of carbonyl (C=O) groups is 2. The van der Waals surface area contributed by atoms with E-state index in [2.05, 4.69) is 10.00 Å². The van der Waals surface area contributed by atoms with E-state index in [9.17, 15) is 9.59 Å². The van der Waals surface area contributed by atoms with E-state index in [-0.39, 0.29) is 30.4 Å². The number of esters is 1. The van der Waals surface area contributed by atoms with Crippen molar-refractivity contribution in [1.29, 1.82) is 0 Å². The fraction of sp³-hybridized carbons (Fsp3) is 0.615. The average Bonchev–Trinajstić information content (AvgIpc) is 2.80. The molecule has 0 unspecified atom stereocenters. The van der Waals surface area contributed by atoms with Gasteiger partial charge in [-0.25, -0.2) is 4.79 Å². The molecule has 1 aromatic heterocycles. The van der Waals surface area contributed by atoms with Crippen molar-refractivity contribution in [2.24, 2.45) is 0 Å². The van der Waals surface area contributed by atoms with E-state index < -0.39 is 5.97 Å². The minimum Gasteiger partial charge on any atom is -0.461 e. The van der Waals surface area contributed by atoms with Crippen molar-refractivity contribution in [2.75, 3.05) is 45.6 Å². The van der Waals surface area contributed by atoms with Gasteiger partial charge in [0, 0.05) is 32.4 Å². The van der Waals surface area contributed by atoms with Gasteiger partial charge in [-0.1, -0.05) is 0 Å². The summed E-state index contributed by atoms with van der Waals surface area (Å²) < 4.78 is 6.25. The fourth-order valence-corrected chi connectivity index (χ4v) is 2.17. The molecule has 2 heterocycles. The lowest BCUT2D eigenvalue weighted by Gasteiger charge is -2.32. The third kappa shape index (κ3) is 3.72. The Balaban J connectivity index is 1.98. The molecule has 1 fully saturated rings. The topological polar surface area (TPSA) is 93.7 Å². The number of aromatic nitrogens is 2. The number of ether oxygens (including phenoxy) is 1. The summed E-state index contributed by atoms with van der Waals surface area (Å²) in [6.45, 7) is 5.18. The lowest BCUT2D eigenvalue weighted by Crippen LogP contribution is -2.48. The van der Waals surface area contributed by atoms with Crippen LogP contribution in [0, 0.1) is 0 Å². The van der Waals surface area contributed by atoms with Crippen molar-refractivity contribution in [3.8, 4) is 0 Å². The van der Waals surface area contributed by atoms with E-state index in [0.29, 0.717) is 13.1 Å². The lowest BCUT2D eigenvalue weighted by atomic mass is 10.3. The van der Waals surface area contributed by atoms with Gasteiger partial charge in [-0.3, -0.25) is 9.48 Å². The predicted octanol–water partition coefficient (Wildman–Crippen LogP) is -0.584. The Morgan fingerprint density at radius 1 is 1.33 bits per heavy atom. The van der Waals surface area contributed by atoms with E-state index in [1.54, 1.807) is 11.8 Å². The molecule has 0 spiro atoms. The van der Waals surface area contributed by atoms with Gasteiger partial charge in [0.15, 0.2) is 5.69 Å². The Kier molecular flexibility index (Phi) is 4.79. The first kappa shape index (κ1) is 15.3. The van der Waals surface area contributed by atoms with Crippen molar-refractivity contribution < 1.29 is 14.3 Å². The van der Waals surface area contributed by atoms with Crippen molar-refractivity contribution in [2.45, 2.75) is 13.5 Å². The molecular formula is C13H21N5O3. The quantitative estimate of drug-likeness (QED) is 0.747. The van der Waals surface area contributed by atoms with Crippen LogP contribution in [-0.2, 0) is 16.1 Å². The molecule has 1 aliphatic rings. The molecular weight excluding hydrogens is 274 g/mol. The molecule has 8 nitrogen and oxygen atoms in total. The monoisotopic (exact) mass is 295 g/mol.